The van der Waals surface area contributed by atoms with Crippen LogP contribution in [0, 0.1) is 13.8 Å². The summed E-state index contributed by atoms with van der Waals surface area (Å²) in [5.41, 5.74) is 7.67. The van der Waals surface area contributed by atoms with Crippen molar-refractivity contribution in [2.75, 3.05) is 6.54 Å². The number of hydrogen-bond acceptors (Lipinski definition) is 4. The predicted molar refractivity (Wildman–Crippen MR) is 60.5 cm³/mol. The third kappa shape index (κ3) is 3.27. The highest BCUT2D eigenvalue weighted by molar-refractivity contribution is 8.00. The monoisotopic (exact) mass is 211 g/mol. The highest BCUT2D eigenvalue weighted by atomic mass is 32.2. The Balaban J connectivity index is 2.87. The molecule has 78 valence electrons. The fourth-order valence-electron chi connectivity index (χ4n) is 1.03. The molecule has 0 aliphatic heterocycles. The summed E-state index contributed by atoms with van der Waals surface area (Å²) in [4.78, 5) is 8.73. The third-order valence-corrected chi connectivity index (χ3v) is 2.91. The Hall–Kier alpha value is -0.610. The Bertz CT molecular complexity index is 303. The number of nitrogens with two attached hydrogens (primary N) is 1. The maximum absolute atomic E-state index is 5.65. The molecule has 0 bridgehead atoms. The average Bonchev–Trinajstić information content (AvgIpc) is 2.01. The standard InChI is InChI=1S/C10H17N3S/c1-7-5-8(2)13-9(12-7)14-10(3,4)6-11/h5H,6,11H2,1-4H3. The summed E-state index contributed by atoms with van der Waals surface area (Å²) in [6, 6.07) is 1.97. The maximum atomic E-state index is 5.65. The lowest BCUT2D eigenvalue weighted by molar-refractivity contribution is 0.715. The van der Waals surface area contributed by atoms with Crippen molar-refractivity contribution < 1.29 is 0 Å². The van der Waals surface area contributed by atoms with Crippen LogP contribution in [0.4, 0.5) is 0 Å². The lowest BCUT2D eigenvalue weighted by Gasteiger charge is -2.20. The molecule has 0 saturated heterocycles. The highest BCUT2D eigenvalue weighted by Crippen LogP contribution is 2.28. The fraction of sp³-hybridized carbons (Fsp3) is 0.600. The molecule has 0 fully saturated rings. The molecule has 2 N–H and O–H groups in total. The Labute approximate surface area is 89.5 Å². The van der Waals surface area contributed by atoms with Crippen LogP contribution < -0.4 is 5.73 Å². The fourth-order valence-corrected chi connectivity index (χ4v) is 1.98. The van der Waals surface area contributed by atoms with E-state index < -0.39 is 0 Å². The molecule has 3 nitrogen and oxygen atoms in total. The van der Waals surface area contributed by atoms with E-state index in [1.807, 2.05) is 19.9 Å². The van der Waals surface area contributed by atoms with Crippen LogP contribution in [0.5, 0.6) is 0 Å². The smallest absolute Gasteiger partial charge is 0.188 e. The summed E-state index contributed by atoms with van der Waals surface area (Å²) in [5, 5.41) is 0.818. The summed E-state index contributed by atoms with van der Waals surface area (Å²) in [6.45, 7) is 8.77. The van der Waals surface area contributed by atoms with Gasteiger partial charge in [0.15, 0.2) is 5.16 Å². The third-order valence-electron chi connectivity index (χ3n) is 1.82. The van der Waals surface area contributed by atoms with Gasteiger partial charge < -0.3 is 5.73 Å². The Morgan fingerprint density at radius 3 is 2.21 bits per heavy atom. The molecular formula is C10H17N3S. The number of thioether (sulfide) groups is 1. The molecule has 0 aliphatic rings. The number of hydrogen-bond donors (Lipinski definition) is 1. The second-order valence-electron chi connectivity index (χ2n) is 4.00. The first kappa shape index (κ1) is 11.5. The van der Waals surface area contributed by atoms with Gasteiger partial charge in [0.25, 0.3) is 0 Å². The number of aromatic nitrogens is 2. The van der Waals surface area contributed by atoms with E-state index in [0.717, 1.165) is 16.5 Å². The van der Waals surface area contributed by atoms with Crippen LogP contribution in [0.25, 0.3) is 0 Å². The second-order valence-corrected chi connectivity index (χ2v) is 5.67. The molecular weight excluding hydrogens is 194 g/mol. The molecule has 1 rings (SSSR count). The van der Waals surface area contributed by atoms with Crippen LogP contribution in [-0.4, -0.2) is 21.3 Å². The number of nitrogens with zero attached hydrogens (tertiary/aromatic N) is 2. The van der Waals surface area contributed by atoms with Crippen LogP contribution in [0.15, 0.2) is 11.2 Å². The van der Waals surface area contributed by atoms with E-state index >= 15 is 0 Å². The van der Waals surface area contributed by atoms with Crippen molar-refractivity contribution >= 4 is 11.8 Å². The van der Waals surface area contributed by atoms with Gasteiger partial charge in [-0.25, -0.2) is 9.97 Å². The predicted octanol–water partition coefficient (Wildman–Crippen LogP) is 1.92. The SMILES string of the molecule is Cc1cc(C)nc(SC(C)(C)CN)n1. The average molecular weight is 211 g/mol. The quantitative estimate of drug-likeness (QED) is 0.613. The minimum Gasteiger partial charge on any atom is -0.329 e. The minimum atomic E-state index is 0.000231. The zero-order valence-corrected chi connectivity index (χ0v) is 9.98. The van der Waals surface area contributed by atoms with E-state index in [1.165, 1.54) is 0 Å². The van der Waals surface area contributed by atoms with Crippen LogP contribution in [0.2, 0.25) is 0 Å². The van der Waals surface area contributed by atoms with Gasteiger partial charge in [0.05, 0.1) is 0 Å². The summed E-state index contributed by atoms with van der Waals surface area (Å²) >= 11 is 1.63. The van der Waals surface area contributed by atoms with E-state index in [-0.39, 0.29) is 4.75 Å². The zero-order chi connectivity index (χ0) is 10.8. The molecule has 0 atom stereocenters. The van der Waals surface area contributed by atoms with E-state index in [1.54, 1.807) is 11.8 Å². The Morgan fingerprint density at radius 2 is 1.79 bits per heavy atom. The van der Waals surface area contributed by atoms with Gasteiger partial charge in [-0.2, -0.15) is 0 Å². The molecule has 1 aromatic rings. The Morgan fingerprint density at radius 1 is 1.29 bits per heavy atom. The van der Waals surface area contributed by atoms with Gasteiger partial charge >= 0.3 is 0 Å². The molecule has 0 radical (unpaired) electrons. The minimum absolute atomic E-state index is 0.000231. The first-order chi connectivity index (χ1) is 6.43. The highest BCUT2D eigenvalue weighted by Gasteiger charge is 2.19. The van der Waals surface area contributed by atoms with Crippen molar-refractivity contribution in [1.82, 2.24) is 9.97 Å². The molecule has 0 amide bonds. The molecule has 0 aliphatic carbocycles. The topological polar surface area (TPSA) is 51.8 Å². The van der Waals surface area contributed by atoms with Crippen LogP contribution in [0.3, 0.4) is 0 Å². The summed E-state index contributed by atoms with van der Waals surface area (Å²) in [7, 11) is 0. The molecule has 14 heavy (non-hydrogen) atoms. The second kappa shape index (κ2) is 4.28. The lowest BCUT2D eigenvalue weighted by atomic mass is 10.2. The van der Waals surface area contributed by atoms with Gasteiger partial charge in [0.2, 0.25) is 0 Å². The maximum Gasteiger partial charge on any atom is 0.188 e. The van der Waals surface area contributed by atoms with E-state index in [2.05, 4.69) is 23.8 Å². The zero-order valence-electron chi connectivity index (χ0n) is 9.16. The first-order valence-corrected chi connectivity index (χ1v) is 5.46. The van der Waals surface area contributed by atoms with Crippen molar-refractivity contribution in [2.45, 2.75) is 37.6 Å². The molecule has 0 saturated carbocycles. The molecule has 4 heteroatoms. The van der Waals surface area contributed by atoms with Crippen LogP contribution >= 0.6 is 11.8 Å². The van der Waals surface area contributed by atoms with E-state index in [4.69, 9.17) is 5.73 Å². The summed E-state index contributed by atoms with van der Waals surface area (Å²) < 4.78 is 0.000231. The van der Waals surface area contributed by atoms with Gasteiger partial charge in [0, 0.05) is 22.7 Å². The molecule has 1 aromatic heterocycles. The lowest BCUT2D eigenvalue weighted by Crippen LogP contribution is -2.27. The van der Waals surface area contributed by atoms with Crippen LogP contribution in [0.1, 0.15) is 25.2 Å². The summed E-state index contributed by atoms with van der Waals surface area (Å²) in [6.07, 6.45) is 0. The molecule has 0 unspecified atom stereocenters. The molecule has 0 spiro atoms. The van der Waals surface area contributed by atoms with Crippen molar-refractivity contribution in [3.05, 3.63) is 17.5 Å². The molecule has 0 aromatic carbocycles. The number of rotatable bonds is 3. The van der Waals surface area contributed by atoms with Gasteiger partial charge in [-0.1, -0.05) is 11.8 Å². The largest absolute Gasteiger partial charge is 0.329 e. The van der Waals surface area contributed by atoms with Crippen molar-refractivity contribution in [3.8, 4) is 0 Å². The first-order valence-electron chi connectivity index (χ1n) is 4.64. The van der Waals surface area contributed by atoms with Gasteiger partial charge in [-0.05, 0) is 33.8 Å². The van der Waals surface area contributed by atoms with Gasteiger partial charge in [-0.15, -0.1) is 0 Å². The normalized spacial score (nSPS) is 11.8. The Kier molecular flexibility index (Phi) is 3.50. The van der Waals surface area contributed by atoms with Gasteiger partial charge in [0.1, 0.15) is 0 Å². The summed E-state index contributed by atoms with van der Waals surface area (Å²) in [5.74, 6) is 0. The van der Waals surface area contributed by atoms with Crippen LogP contribution in [-0.2, 0) is 0 Å². The van der Waals surface area contributed by atoms with Crippen molar-refractivity contribution in [3.63, 3.8) is 0 Å². The van der Waals surface area contributed by atoms with E-state index in [9.17, 15) is 0 Å². The van der Waals surface area contributed by atoms with Crippen molar-refractivity contribution in [2.24, 2.45) is 5.73 Å². The van der Waals surface area contributed by atoms with Gasteiger partial charge in [-0.3, -0.25) is 0 Å². The van der Waals surface area contributed by atoms with E-state index in [0.29, 0.717) is 6.54 Å². The van der Waals surface area contributed by atoms with Crippen molar-refractivity contribution in [1.29, 1.82) is 0 Å². The molecule has 1 heterocycles. The number of aryl methyl sites for hydroxylation is 2.